The smallest absolute Gasteiger partial charge is 0.315 e. The van der Waals surface area contributed by atoms with Crippen molar-refractivity contribution in [2.45, 2.75) is 26.2 Å². The largest absolute Gasteiger partial charge is 0.500 e. The van der Waals surface area contributed by atoms with Crippen LogP contribution in [0.3, 0.4) is 0 Å². The maximum absolute atomic E-state index is 11.2. The van der Waals surface area contributed by atoms with E-state index in [0.717, 1.165) is 5.56 Å². The number of rotatable bonds is 5. The van der Waals surface area contributed by atoms with Gasteiger partial charge in [-0.1, -0.05) is 6.07 Å². The van der Waals surface area contributed by atoms with Gasteiger partial charge in [0.25, 0.3) is 0 Å². The SMILES string of the molecule is CC(C)Oc1cc(-c2ccc(C3OCCO3)cn2)cc([N+](=O)[O-])c1O. The van der Waals surface area contributed by atoms with Crippen LogP contribution in [-0.4, -0.2) is 34.3 Å². The number of nitro groups is 1. The van der Waals surface area contributed by atoms with Crippen LogP contribution >= 0.6 is 0 Å². The first kappa shape index (κ1) is 17.1. The van der Waals surface area contributed by atoms with Crippen LogP contribution < -0.4 is 4.74 Å². The Balaban J connectivity index is 1.97. The molecule has 0 spiro atoms. The van der Waals surface area contributed by atoms with Gasteiger partial charge in [0.05, 0.1) is 29.9 Å². The van der Waals surface area contributed by atoms with Crippen LogP contribution in [0.4, 0.5) is 5.69 Å². The fourth-order valence-corrected chi connectivity index (χ4v) is 2.49. The lowest BCUT2D eigenvalue weighted by Gasteiger charge is -2.13. The quantitative estimate of drug-likeness (QED) is 0.655. The first-order valence-electron chi connectivity index (χ1n) is 7.83. The van der Waals surface area contributed by atoms with Crippen molar-refractivity contribution in [3.05, 3.63) is 46.1 Å². The summed E-state index contributed by atoms with van der Waals surface area (Å²) in [6, 6.07) is 6.32. The molecule has 1 fully saturated rings. The summed E-state index contributed by atoms with van der Waals surface area (Å²) in [6.45, 7) is 4.61. The Morgan fingerprint density at radius 1 is 1.32 bits per heavy atom. The zero-order chi connectivity index (χ0) is 18.0. The Hall–Kier alpha value is -2.71. The molecule has 1 aromatic heterocycles. The lowest BCUT2D eigenvalue weighted by atomic mass is 10.1. The van der Waals surface area contributed by atoms with Crippen LogP contribution in [0.15, 0.2) is 30.5 Å². The monoisotopic (exact) mass is 346 g/mol. The first-order chi connectivity index (χ1) is 12.0. The van der Waals surface area contributed by atoms with Gasteiger partial charge in [-0.25, -0.2) is 0 Å². The summed E-state index contributed by atoms with van der Waals surface area (Å²) in [5, 5.41) is 21.3. The fourth-order valence-electron chi connectivity index (χ4n) is 2.49. The molecular weight excluding hydrogens is 328 g/mol. The lowest BCUT2D eigenvalue weighted by molar-refractivity contribution is -0.385. The molecule has 0 bridgehead atoms. The highest BCUT2D eigenvalue weighted by Crippen LogP contribution is 2.40. The van der Waals surface area contributed by atoms with Crippen LogP contribution in [-0.2, 0) is 9.47 Å². The standard InChI is InChI=1S/C17H18N2O6/c1-10(2)25-15-8-12(7-14(16(15)20)19(21)22)13-4-3-11(9-18-13)17-23-5-6-24-17/h3-4,7-10,17,20H,5-6H2,1-2H3. The number of phenolic OH excluding ortho intramolecular Hbond substituents is 1. The molecule has 1 N–H and O–H groups in total. The van der Waals surface area contributed by atoms with Crippen LogP contribution in [0.1, 0.15) is 25.7 Å². The summed E-state index contributed by atoms with van der Waals surface area (Å²) in [4.78, 5) is 14.9. The summed E-state index contributed by atoms with van der Waals surface area (Å²) in [5.74, 6) is -0.445. The molecule has 1 aliphatic heterocycles. The van der Waals surface area contributed by atoms with Crippen molar-refractivity contribution in [3.8, 4) is 22.8 Å². The van der Waals surface area contributed by atoms with Gasteiger partial charge in [-0.2, -0.15) is 0 Å². The number of aromatic nitrogens is 1. The molecule has 1 aliphatic rings. The van der Waals surface area contributed by atoms with Gasteiger partial charge in [0, 0.05) is 23.4 Å². The van der Waals surface area contributed by atoms with E-state index in [2.05, 4.69) is 4.98 Å². The first-order valence-corrected chi connectivity index (χ1v) is 7.83. The van der Waals surface area contributed by atoms with Crippen molar-refractivity contribution in [2.75, 3.05) is 13.2 Å². The summed E-state index contributed by atoms with van der Waals surface area (Å²) in [7, 11) is 0. The van der Waals surface area contributed by atoms with Gasteiger partial charge < -0.3 is 19.3 Å². The molecule has 3 rings (SSSR count). The predicted octanol–water partition coefficient (Wildman–Crippen LogP) is 3.20. The molecular formula is C17H18N2O6. The predicted molar refractivity (Wildman–Crippen MR) is 88.4 cm³/mol. The van der Waals surface area contributed by atoms with Gasteiger partial charge in [-0.3, -0.25) is 15.1 Å². The summed E-state index contributed by atoms with van der Waals surface area (Å²) in [5.41, 5.74) is 1.33. The van der Waals surface area contributed by atoms with Gasteiger partial charge in [-0.05, 0) is 26.0 Å². The highest BCUT2D eigenvalue weighted by molar-refractivity contribution is 5.70. The number of nitrogens with zero attached hydrogens (tertiary/aromatic N) is 2. The maximum atomic E-state index is 11.2. The van der Waals surface area contributed by atoms with Crippen LogP contribution in [0.5, 0.6) is 11.5 Å². The fraction of sp³-hybridized carbons (Fsp3) is 0.353. The highest BCUT2D eigenvalue weighted by Gasteiger charge is 2.23. The van der Waals surface area contributed by atoms with E-state index in [1.54, 1.807) is 32.2 Å². The molecule has 8 heteroatoms. The van der Waals surface area contributed by atoms with E-state index >= 15 is 0 Å². The van der Waals surface area contributed by atoms with Gasteiger partial charge in [0.2, 0.25) is 5.75 Å². The molecule has 0 aliphatic carbocycles. The van der Waals surface area contributed by atoms with Crippen molar-refractivity contribution in [1.29, 1.82) is 0 Å². The average Bonchev–Trinajstić information content (AvgIpc) is 3.10. The number of hydrogen-bond acceptors (Lipinski definition) is 7. The van der Waals surface area contributed by atoms with E-state index in [4.69, 9.17) is 14.2 Å². The molecule has 25 heavy (non-hydrogen) atoms. The van der Waals surface area contributed by atoms with Gasteiger partial charge in [0.15, 0.2) is 12.0 Å². The summed E-state index contributed by atoms with van der Waals surface area (Å²) < 4.78 is 16.3. The molecule has 132 valence electrons. The molecule has 2 aromatic rings. The number of aromatic hydroxyl groups is 1. The number of hydrogen-bond donors (Lipinski definition) is 1. The zero-order valence-electron chi connectivity index (χ0n) is 13.8. The van der Waals surface area contributed by atoms with Gasteiger partial charge >= 0.3 is 5.69 Å². The van der Waals surface area contributed by atoms with E-state index in [-0.39, 0.29) is 11.9 Å². The summed E-state index contributed by atoms with van der Waals surface area (Å²) in [6.07, 6.45) is 0.927. The Kier molecular flexibility index (Phi) is 4.82. The minimum Gasteiger partial charge on any atom is -0.500 e. The second-order valence-corrected chi connectivity index (χ2v) is 5.82. The highest BCUT2D eigenvalue weighted by atomic mass is 16.7. The molecule has 0 radical (unpaired) electrons. The second-order valence-electron chi connectivity index (χ2n) is 5.82. The van der Waals surface area contributed by atoms with Crippen molar-refractivity contribution in [2.24, 2.45) is 0 Å². The minimum atomic E-state index is -0.652. The van der Waals surface area contributed by atoms with Crippen molar-refractivity contribution in [3.63, 3.8) is 0 Å². The Morgan fingerprint density at radius 3 is 2.60 bits per heavy atom. The molecule has 2 heterocycles. The molecule has 1 aromatic carbocycles. The normalized spacial score (nSPS) is 14.8. The Labute approximate surface area is 144 Å². The Morgan fingerprint density at radius 2 is 2.04 bits per heavy atom. The number of pyridine rings is 1. The van der Waals surface area contributed by atoms with Crippen molar-refractivity contribution in [1.82, 2.24) is 4.98 Å². The van der Waals surface area contributed by atoms with Crippen LogP contribution in [0.2, 0.25) is 0 Å². The molecule has 0 atom stereocenters. The maximum Gasteiger partial charge on any atom is 0.315 e. The number of nitro benzene ring substituents is 1. The third-order valence-corrected chi connectivity index (χ3v) is 3.59. The molecule has 8 nitrogen and oxygen atoms in total. The third kappa shape index (κ3) is 3.70. The van der Waals surface area contributed by atoms with E-state index < -0.39 is 22.7 Å². The topological polar surface area (TPSA) is 104 Å². The number of phenols is 1. The van der Waals surface area contributed by atoms with Gasteiger partial charge in [-0.15, -0.1) is 0 Å². The minimum absolute atomic E-state index is 0.0486. The van der Waals surface area contributed by atoms with Crippen molar-refractivity contribution >= 4 is 5.69 Å². The van der Waals surface area contributed by atoms with E-state index in [9.17, 15) is 15.2 Å². The van der Waals surface area contributed by atoms with E-state index in [0.29, 0.717) is 24.5 Å². The molecule has 0 amide bonds. The van der Waals surface area contributed by atoms with Crippen LogP contribution in [0, 0.1) is 10.1 Å². The molecule has 0 saturated carbocycles. The van der Waals surface area contributed by atoms with Crippen LogP contribution in [0.25, 0.3) is 11.3 Å². The molecule has 0 unspecified atom stereocenters. The second kappa shape index (κ2) is 7.04. The third-order valence-electron chi connectivity index (χ3n) is 3.59. The Bertz CT molecular complexity index is 769. The van der Waals surface area contributed by atoms with Gasteiger partial charge in [0.1, 0.15) is 0 Å². The molecule has 1 saturated heterocycles. The van der Waals surface area contributed by atoms with Crippen molar-refractivity contribution < 1.29 is 24.2 Å². The average molecular weight is 346 g/mol. The number of ether oxygens (including phenoxy) is 3. The zero-order valence-corrected chi connectivity index (χ0v) is 13.8. The number of benzene rings is 1. The van der Waals surface area contributed by atoms with E-state index in [1.165, 1.54) is 12.1 Å². The summed E-state index contributed by atoms with van der Waals surface area (Å²) >= 11 is 0. The van der Waals surface area contributed by atoms with E-state index in [1.807, 2.05) is 0 Å². The lowest BCUT2D eigenvalue weighted by Crippen LogP contribution is -2.06.